The van der Waals surface area contributed by atoms with Crippen LogP contribution in [-0.2, 0) is 6.54 Å². The quantitative estimate of drug-likeness (QED) is 0.799. The van der Waals surface area contributed by atoms with Crippen LogP contribution in [0.15, 0.2) is 48.8 Å². The lowest BCUT2D eigenvalue weighted by atomic mass is 10.2. The summed E-state index contributed by atoms with van der Waals surface area (Å²) in [6, 6.07) is 11.0. The van der Waals surface area contributed by atoms with Gasteiger partial charge in [0, 0.05) is 18.9 Å². The van der Waals surface area contributed by atoms with E-state index in [9.17, 15) is 4.79 Å². The van der Waals surface area contributed by atoms with Crippen molar-refractivity contribution in [2.24, 2.45) is 0 Å². The van der Waals surface area contributed by atoms with Gasteiger partial charge in [-0.3, -0.25) is 9.78 Å². The van der Waals surface area contributed by atoms with Crippen molar-refractivity contribution in [3.05, 3.63) is 70.8 Å². The van der Waals surface area contributed by atoms with Crippen LogP contribution in [0.3, 0.4) is 0 Å². The molecular formula is C16H14ClN5O. The van der Waals surface area contributed by atoms with Crippen molar-refractivity contribution in [3.8, 4) is 5.69 Å². The van der Waals surface area contributed by atoms with E-state index in [1.807, 2.05) is 30.3 Å². The number of hydrogen-bond donors (Lipinski definition) is 1. The Labute approximate surface area is 138 Å². The van der Waals surface area contributed by atoms with Gasteiger partial charge in [0.1, 0.15) is 0 Å². The number of halogens is 1. The van der Waals surface area contributed by atoms with E-state index in [-0.39, 0.29) is 11.6 Å². The molecule has 0 bridgehead atoms. The van der Waals surface area contributed by atoms with Crippen LogP contribution >= 0.6 is 11.6 Å². The zero-order chi connectivity index (χ0) is 16.2. The second kappa shape index (κ2) is 6.58. The number of nitrogens with zero attached hydrogens (tertiary/aromatic N) is 4. The molecule has 7 heteroatoms. The van der Waals surface area contributed by atoms with Gasteiger partial charge < -0.3 is 5.32 Å². The Kier molecular flexibility index (Phi) is 4.34. The molecule has 3 rings (SSSR count). The average Bonchev–Trinajstić information content (AvgIpc) is 2.95. The first kappa shape index (κ1) is 15.2. The molecule has 116 valence electrons. The van der Waals surface area contributed by atoms with E-state index in [4.69, 9.17) is 11.6 Å². The topological polar surface area (TPSA) is 72.7 Å². The Morgan fingerprint density at radius 1 is 1.26 bits per heavy atom. The van der Waals surface area contributed by atoms with Crippen LogP contribution in [0.2, 0.25) is 5.02 Å². The number of pyridine rings is 1. The molecule has 0 fully saturated rings. The number of aromatic nitrogens is 4. The minimum absolute atomic E-state index is 0.272. The van der Waals surface area contributed by atoms with Crippen LogP contribution in [0.5, 0.6) is 0 Å². The van der Waals surface area contributed by atoms with E-state index in [1.165, 1.54) is 0 Å². The summed E-state index contributed by atoms with van der Waals surface area (Å²) in [6.07, 6.45) is 3.39. The van der Waals surface area contributed by atoms with E-state index < -0.39 is 0 Å². The van der Waals surface area contributed by atoms with Gasteiger partial charge >= 0.3 is 0 Å². The van der Waals surface area contributed by atoms with Gasteiger partial charge in [0.25, 0.3) is 5.91 Å². The molecule has 0 saturated carbocycles. The highest BCUT2D eigenvalue weighted by Crippen LogP contribution is 2.21. The van der Waals surface area contributed by atoms with Crippen LogP contribution in [0, 0.1) is 6.92 Å². The summed E-state index contributed by atoms with van der Waals surface area (Å²) in [7, 11) is 0. The minimum Gasteiger partial charge on any atom is -0.346 e. The zero-order valence-electron chi connectivity index (χ0n) is 12.4. The standard InChI is InChI=1S/C16H14ClN5O/c1-11-15(16(23)19-10-12-5-4-8-18-9-12)20-21-22(11)14-7-3-2-6-13(14)17/h2-9H,10H2,1H3,(H,19,23). The largest absolute Gasteiger partial charge is 0.346 e. The van der Waals surface area contributed by atoms with Crippen molar-refractivity contribution in [1.29, 1.82) is 0 Å². The Bertz CT molecular complexity index is 831. The molecule has 2 aromatic heterocycles. The smallest absolute Gasteiger partial charge is 0.274 e. The van der Waals surface area contributed by atoms with Crippen LogP contribution < -0.4 is 5.32 Å². The number of amides is 1. The molecule has 0 saturated heterocycles. The van der Waals surface area contributed by atoms with Crippen molar-refractivity contribution in [2.75, 3.05) is 0 Å². The van der Waals surface area contributed by atoms with E-state index in [0.717, 1.165) is 5.56 Å². The van der Waals surface area contributed by atoms with E-state index in [2.05, 4.69) is 20.6 Å². The number of carbonyl (C=O) groups excluding carboxylic acids is 1. The lowest BCUT2D eigenvalue weighted by Crippen LogP contribution is -2.24. The minimum atomic E-state index is -0.287. The molecule has 1 amide bonds. The van der Waals surface area contributed by atoms with Crippen molar-refractivity contribution < 1.29 is 4.79 Å². The molecule has 23 heavy (non-hydrogen) atoms. The van der Waals surface area contributed by atoms with Crippen molar-refractivity contribution in [3.63, 3.8) is 0 Å². The van der Waals surface area contributed by atoms with Gasteiger partial charge in [0.05, 0.1) is 16.4 Å². The lowest BCUT2D eigenvalue weighted by Gasteiger charge is -2.06. The molecule has 0 aliphatic carbocycles. The number of carbonyl (C=O) groups is 1. The SMILES string of the molecule is Cc1c(C(=O)NCc2cccnc2)nnn1-c1ccccc1Cl. The third kappa shape index (κ3) is 3.22. The number of rotatable bonds is 4. The molecule has 0 unspecified atom stereocenters. The molecule has 0 aliphatic heterocycles. The van der Waals surface area contributed by atoms with Gasteiger partial charge in [-0.05, 0) is 30.7 Å². The lowest BCUT2D eigenvalue weighted by molar-refractivity contribution is 0.0945. The Hall–Kier alpha value is -2.73. The van der Waals surface area contributed by atoms with Crippen LogP contribution in [0.25, 0.3) is 5.69 Å². The highest BCUT2D eigenvalue weighted by Gasteiger charge is 2.18. The molecular weight excluding hydrogens is 314 g/mol. The fraction of sp³-hybridized carbons (Fsp3) is 0.125. The molecule has 3 aromatic rings. The van der Waals surface area contributed by atoms with E-state index in [0.29, 0.717) is 22.9 Å². The zero-order valence-corrected chi connectivity index (χ0v) is 13.2. The second-order valence-electron chi connectivity index (χ2n) is 4.93. The molecule has 0 aliphatic rings. The molecule has 2 heterocycles. The first-order valence-electron chi connectivity index (χ1n) is 7.01. The average molecular weight is 328 g/mol. The first-order chi connectivity index (χ1) is 11.2. The fourth-order valence-corrected chi connectivity index (χ4v) is 2.38. The molecule has 0 spiro atoms. The summed E-state index contributed by atoms with van der Waals surface area (Å²) in [5.74, 6) is -0.287. The van der Waals surface area contributed by atoms with Crippen LogP contribution in [0.4, 0.5) is 0 Å². The maximum atomic E-state index is 12.3. The summed E-state index contributed by atoms with van der Waals surface area (Å²) in [4.78, 5) is 16.3. The van der Waals surface area contributed by atoms with Gasteiger partial charge in [-0.25, -0.2) is 4.68 Å². The van der Waals surface area contributed by atoms with Gasteiger partial charge in [0.2, 0.25) is 0 Å². The predicted octanol–water partition coefficient (Wildman–Crippen LogP) is 2.55. The molecule has 1 N–H and O–H groups in total. The number of hydrogen-bond acceptors (Lipinski definition) is 4. The van der Waals surface area contributed by atoms with Crippen LogP contribution in [-0.4, -0.2) is 25.9 Å². The Morgan fingerprint density at radius 3 is 2.83 bits per heavy atom. The maximum Gasteiger partial charge on any atom is 0.274 e. The van der Waals surface area contributed by atoms with Gasteiger partial charge in [0.15, 0.2) is 5.69 Å². The predicted molar refractivity (Wildman–Crippen MR) is 86.5 cm³/mol. The summed E-state index contributed by atoms with van der Waals surface area (Å²) < 4.78 is 1.56. The van der Waals surface area contributed by atoms with Crippen molar-refractivity contribution in [1.82, 2.24) is 25.3 Å². The normalized spacial score (nSPS) is 10.5. The summed E-state index contributed by atoms with van der Waals surface area (Å²) in [5, 5.41) is 11.4. The number of para-hydroxylation sites is 1. The van der Waals surface area contributed by atoms with Crippen molar-refractivity contribution in [2.45, 2.75) is 13.5 Å². The number of nitrogens with one attached hydrogen (secondary N) is 1. The third-order valence-corrected chi connectivity index (χ3v) is 3.69. The Morgan fingerprint density at radius 2 is 2.09 bits per heavy atom. The Balaban J connectivity index is 1.79. The summed E-state index contributed by atoms with van der Waals surface area (Å²) in [6.45, 7) is 2.16. The summed E-state index contributed by atoms with van der Waals surface area (Å²) >= 11 is 6.16. The van der Waals surface area contributed by atoms with E-state index >= 15 is 0 Å². The van der Waals surface area contributed by atoms with E-state index in [1.54, 1.807) is 30.1 Å². The van der Waals surface area contributed by atoms with Gasteiger partial charge in [-0.2, -0.15) is 0 Å². The number of benzene rings is 1. The van der Waals surface area contributed by atoms with Crippen molar-refractivity contribution >= 4 is 17.5 Å². The highest BCUT2D eigenvalue weighted by molar-refractivity contribution is 6.32. The van der Waals surface area contributed by atoms with Gasteiger partial charge in [-0.15, -0.1) is 5.10 Å². The summed E-state index contributed by atoms with van der Waals surface area (Å²) in [5.41, 5.74) is 2.50. The highest BCUT2D eigenvalue weighted by atomic mass is 35.5. The first-order valence-corrected chi connectivity index (χ1v) is 7.39. The van der Waals surface area contributed by atoms with Gasteiger partial charge in [-0.1, -0.05) is 35.0 Å². The second-order valence-corrected chi connectivity index (χ2v) is 5.34. The molecule has 0 radical (unpaired) electrons. The third-order valence-electron chi connectivity index (χ3n) is 3.37. The monoisotopic (exact) mass is 327 g/mol. The maximum absolute atomic E-state index is 12.3. The van der Waals surface area contributed by atoms with Crippen LogP contribution in [0.1, 0.15) is 21.7 Å². The molecule has 0 atom stereocenters. The molecule has 6 nitrogen and oxygen atoms in total. The molecule has 1 aromatic carbocycles. The fourth-order valence-electron chi connectivity index (χ4n) is 2.16.